The summed E-state index contributed by atoms with van der Waals surface area (Å²) in [5.41, 5.74) is 0. The number of hydrogen-bond acceptors (Lipinski definition) is 8. The summed E-state index contributed by atoms with van der Waals surface area (Å²) in [4.78, 5) is 0. The third-order valence-electron chi connectivity index (χ3n) is 4.81. The number of hydrogen-bond donors (Lipinski definition) is 2. The van der Waals surface area contributed by atoms with E-state index in [0.29, 0.717) is 49.4 Å². The average molecular weight is 499 g/mol. The first kappa shape index (κ1) is 27.3. The second-order valence-electron chi connectivity index (χ2n) is 7.87. The fourth-order valence-corrected chi connectivity index (χ4v) is 3.02. The van der Waals surface area contributed by atoms with Crippen molar-refractivity contribution in [2.75, 3.05) is 52.9 Å². The van der Waals surface area contributed by atoms with Crippen LogP contribution in [0.4, 0.5) is 0 Å². The maximum absolute atomic E-state index is 9.92. The fourth-order valence-electron chi connectivity index (χ4n) is 3.02. The molecule has 0 spiro atoms. The van der Waals surface area contributed by atoms with Crippen molar-refractivity contribution in [1.82, 2.24) is 0 Å². The van der Waals surface area contributed by atoms with Gasteiger partial charge in [0.1, 0.15) is 61.6 Å². The first-order chi connectivity index (χ1) is 17.7. The summed E-state index contributed by atoms with van der Waals surface area (Å²) in [7, 11) is 0. The highest BCUT2D eigenvalue weighted by atomic mass is 16.5. The lowest BCUT2D eigenvalue weighted by atomic mass is 10.3. The lowest BCUT2D eigenvalue weighted by molar-refractivity contribution is 0.00345. The van der Waals surface area contributed by atoms with Crippen LogP contribution in [0.2, 0.25) is 0 Å². The molecule has 36 heavy (non-hydrogen) atoms. The second-order valence-corrected chi connectivity index (χ2v) is 7.87. The smallest absolute Gasteiger partial charge is 0.119 e. The normalized spacial score (nSPS) is 12.5. The van der Waals surface area contributed by atoms with E-state index in [1.54, 1.807) is 0 Å². The monoisotopic (exact) mass is 498 g/mol. The third-order valence-corrected chi connectivity index (χ3v) is 4.81. The molecule has 2 unspecified atom stereocenters. The van der Waals surface area contributed by atoms with E-state index in [1.165, 1.54) is 0 Å². The van der Waals surface area contributed by atoms with Crippen LogP contribution in [-0.2, 0) is 9.47 Å². The quantitative estimate of drug-likeness (QED) is 0.258. The van der Waals surface area contributed by atoms with E-state index in [2.05, 4.69) is 0 Å². The SMILES string of the molecule is OC(COCCOc1ccc(OCCOCC(O)COc2ccccc2)cc1)COc1ccccc1. The van der Waals surface area contributed by atoms with Crippen LogP contribution < -0.4 is 18.9 Å². The Morgan fingerprint density at radius 3 is 1.17 bits per heavy atom. The molecule has 0 radical (unpaired) electrons. The zero-order valence-corrected chi connectivity index (χ0v) is 20.2. The summed E-state index contributed by atoms with van der Waals surface area (Å²) in [6.07, 6.45) is -1.42. The van der Waals surface area contributed by atoms with Gasteiger partial charge in [0.2, 0.25) is 0 Å². The Labute approximate surface area is 211 Å². The Morgan fingerprint density at radius 1 is 0.417 bits per heavy atom. The van der Waals surface area contributed by atoms with Crippen molar-refractivity contribution in [3.8, 4) is 23.0 Å². The average Bonchev–Trinajstić information content (AvgIpc) is 2.92. The number of rotatable bonds is 18. The Morgan fingerprint density at radius 2 is 0.778 bits per heavy atom. The van der Waals surface area contributed by atoms with Crippen LogP contribution in [0.5, 0.6) is 23.0 Å². The minimum absolute atomic E-state index is 0.167. The van der Waals surface area contributed by atoms with Crippen LogP contribution in [0.15, 0.2) is 84.9 Å². The van der Waals surface area contributed by atoms with Gasteiger partial charge in [-0.3, -0.25) is 0 Å². The van der Waals surface area contributed by atoms with Gasteiger partial charge in [0.25, 0.3) is 0 Å². The summed E-state index contributed by atoms with van der Waals surface area (Å²) in [5, 5.41) is 19.8. The van der Waals surface area contributed by atoms with Crippen LogP contribution in [0.25, 0.3) is 0 Å². The van der Waals surface area contributed by atoms with Gasteiger partial charge < -0.3 is 38.6 Å². The van der Waals surface area contributed by atoms with Crippen molar-refractivity contribution in [2.45, 2.75) is 12.2 Å². The van der Waals surface area contributed by atoms with E-state index in [0.717, 1.165) is 0 Å². The van der Waals surface area contributed by atoms with Crippen molar-refractivity contribution in [1.29, 1.82) is 0 Å². The summed E-state index contributed by atoms with van der Waals surface area (Å²) in [6.45, 7) is 2.08. The summed E-state index contributed by atoms with van der Waals surface area (Å²) >= 11 is 0. The number of aliphatic hydroxyl groups excluding tert-OH is 2. The maximum Gasteiger partial charge on any atom is 0.119 e. The highest BCUT2D eigenvalue weighted by molar-refractivity contribution is 5.31. The molecule has 2 atom stereocenters. The van der Waals surface area contributed by atoms with Crippen molar-refractivity contribution in [3.05, 3.63) is 84.9 Å². The molecule has 8 nitrogen and oxygen atoms in total. The molecule has 0 aliphatic rings. The molecule has 3 rings (SSSR count). The van der Waals surface area contributed by atoms with Crippen LogP contribution in [-0.4, -0.2) is 75.3 Å². The zero-order valence-electron chi connectivity index (χ0n) is 20.2. The second kappa shape index (κ2) is 16.4. The number of benzene rings is 3. The lowest BCUT2D eigenvalue weighted by Crippen LogP contribution is -2.24. The van der Waals surface area contributed by atoms with Crippen LogP contribution in [0.3, 0.4) is 0 Å². The van der Waals surface area contributed by atoms with Gasteiger partial charge in [-0.15, -0.1) is 0 Å². The third kappa shape index (κ3) is 11.4. The van der Waals surface area contributed by atoms with Crippen molar-refractivity contribution < 1.29 is 38.6 Å². The van der Waals surface area contributed by atoms with Crippen molar-refractivity contribution in [2.24, 2.45) is 0 Å². The predicted octanol–water partition coefficient (Wildman–Crippen LogP) is 3.36. The molecular weight excluding hydrogens is 464 g/mol. The molecule has 3 aromatic rings. The number of para-hydroxylation sites is 2. The topological polar surface area (TPSA) is 95.8 Å². The molecule has 0 heterocycles. The van der Waals surface area contributed by atoms with E-state index in [1.807, 2.05) is 84.9 Å². The molecule has 0 amide bonds. The molecule has 8 heteroatoms. The minimum atomic E-state index is -0.712. The Bertz CT molecular complexity index is 858. The first-order valence-electron chi connectivity index (χ1n) is 11.9. The van der Waals surface area contributed by atoms with Crippen molar-refractivity contribution >= 4 is 0 Å². The van der Waals surface area contributed by atoms with Gasteiger partial charge in [0.05, 0.1) is 26.4 Å². The van der Waals surface area contributed by atoms with Gasteiger partial charge in [0, 0.05) is 0 Å². The van der Waals surface area contributed by atoms with Gasteiger partial charge in [-0.25, -0.2) is 0 Å². The van der Waals surface area contributed by atoms with E-state index < -0.39 is 12.2 Å². The summed E-state index contributed by atoms with van der Waals surface area (Å²) in [6, 6.07) is 25.9. The molecule has 0 bridgehead atoms. The van der Waals surface area contributed by atoms with Gasteiger partial charge in [0.15, 0.2) is 0 Å². The van der Waals surface area contributed by atoms with E-state index in [9.17, 15) is 10.2 Å². The van der Waals surface area contributed by atoms with Gasteiger partial charge >= 0.3 is 0 Å². The number of ether oxygens (including phenoxy) is 6. The molecule has 0 saturated heterocycles. The molecule has 3 aromatic carbocycles. The van der Waals surface area contributed by atoms with Crippen molar-refractivity contribution in [3.63, 3.8) is 0 Å². The molecule has 0 aliphatic carbocycles. The standard InChI is InChI=1S/C28H34O8/c29-23(21-35-25-7-3-1-4-8-25)19-31-15-17-33-27-11-13-28(14-12-27)34-18-16-32-20-24(30)22-36-26-9-5-2-6-10-26/h1-14,23-24,29-30H,15-22H2. The number of aliphatic hydroxyl groups is 2. The lowest BCUT2D eigenvalue weighted by Gasteiger charge is -2.14. The first-order valence-corrected chi connectivity index (χ1v) is 11.9. The zero-order chi connectivity index (χ0) is 25.3. The van der Waals surface area contributed by atoms with E-state index in [-0.39, 0.29) is 26.4 Å². The molecule has 194 valence electrons. The Balaban J connectivity index is 1.17. The van der Waals surface area contributed by atoms with Crippen LogP contribution in [0.1, 0.15) is 0 Å². The molecular formula is C28H34O8. The molecule has 2 N–H and O–H groups in total. The van der Waals surface area contributed by atoms with Crippen LogP contribution >= 0.6 is 0 Å². The largest absolute Gasteiger partial charge is 0.491 e. The highest BCUT2D eigenvalue weighted by Crippen LogP contribution is 2.17. The van der Waals surface area contributed by atoms with Crippen LogP contribution in [0, 0.1) is 0 Å². The predicted molar refractivity (Wildman–Crippen MR) is 135 cm³/mol. The summed E-state index contributed by atoms with van der Waals surface area (Å²) < 4.78 is 33.1. The molecule has 0 saturated carbocycles. The molecule has 0 aliphatic heterocycles. The van der Waals surface area contributed by atoms with E-state index in [4.69, 9.17) is 28.4 Å². The Kier molecular flexibility index (Phi) is 12.4. The van der Waals surface area contributed by atoms with Gasteiger partial charge in [-0.1, -0.05) is 36.4 Å². The van der Waals surface area contributed by atoms with Gasteiger partial charge in [-0.2, -0.15) is 0 Å². The molecule has 0 aromatic heterocycles. The highest BCUT2D eigenvalue weighted by Gasteiger charge is 2.07. The minimum Gasteiger partial charge on any atom is -0.491 e. The van der Waals surface area contributed by atoms with E-state index >= 15 is 0 Å². The molecule has 0 fully saturated rings. The Hall–Kier alpha value is -3.30. The summed E-state index contributed by atoms with van der Waals surface area (Å²) in [5.74, 6) is 2.81. The van der Waals surface area contributed by atoms with Gasteiger partial charge in [-0.05, 0) is 48.5 Å². The fraction of sp³-hybridized carbons (Fsp3) is 0.357. The maximum atomic E-state index is 9.92.